The molecule has 0 saturated heterocycles. The molecular weight excluding hydrogens is 224 g/mol. The van der Waals surface area contributed by atoms with Crippen LogP contribution >= 0.6 is 11.6 Å². The summed E-state index contributed by atoms with van der Waals surface area (Å²) in [6, 6.07) is 3.89. The fourth-order valence-corrected chi connectivity index (χ4v) is 2.19. The van der Waals surface area contributed by atoms with Crippen LogP contribution in [0.3, 0.4) is 0 Å². The van der Waals surface area contributed by atoms with Crippen LogP contribution in [0.25, 0.3) is 0 Å². The number of nitrogens with one attached hydrogen (secondary N) is 1. The summed E-state index contributed by atoms with van der Waals surface area (Å²) in [4.78, 5) is 4.04. The van der Waals surface area contributed by atoms with E-state index in [0.717, 1.165) is 31.5 Å². The van der Waals surface area contributed by atoms with E-state index in [-0.39, 0.29) is 5.60 Å². The molecule has 1 aromatic heterocycles. The van der Waals surface area contributed by atoms with Crippen molar-refractivity contribution in [1.29, 1.82) is 0 Å². The molecule has 0 spiro atoms. The predicted molar refractivity (Wildman–Crippen MR) is 64.5 cm³/mol. The van der Waals surface area contributed by atoms with Crippen molar-refractivity contribution in [2.75, 3.05) is 13.7 Å². The maximum Gasteiger partial charge on any atom is 0.133 e. The topological polar surface area (TPSA) is 34.1 Å². The minimum atomic E-state index is 0.0642. The SMILES string of the molecule is COC1(CNCc2cccnc2Cl)CCC1. The molecule has 0 aromatic carbocycles. The van der Waals surface area contributed by atoms with E-state index in [0.29, 0.717) is 5.15 Å². The highest BCUT2D eigenvalue weighted by atomic mass is 35.5. The van der Waals surface area contributed by atoms with Gasteiger partial charge in [-0.3, -0.25) is 0 Å². The maximum atomic E-state index is 5.97. The smallest absolute Gasteiger partial charge is 0.133 e. The number of hydrogen-bond acceptors (Lipinski definition) is 3. The average Bonchev–Trinajstić information content (AvgIpc) is 2.25. The van der Waals surface area contributed by atoms with Gasteiger partial charge in [-0.2, -0.15) is 0 Å². The van der Waals surface area contributed by atoms with E-state index in [1.807, 2.05) is 12.1 Å². The van der Waals surface area contributed by atoms with Crippen molar-refractivity contribution in [3.05, 3.63) is 29.0 Å². The summed E-state index contributed by atoms with van der Waals surface area (Å²) >= 11 is 5.97. The van der Waals surface area contributed by atoms with Crippen LogP contribution in [0, 0.1) is 0 Å². The molecule has 1 aliphatic carbocycles. The molecule has 1 N–H and O–H groups in total. The Balaban J connectivity index is 1.82. The van der Waals surface area contributed by atoms with E-state index in [2.05, 4.69) is 10.3 Å². The first-order valence-corrected chi connectivity index (χ1v) is 5.99. The van der Waals surface area contributed by atoms with Gasteiger partial charge in [0.2, 0.25) is 0 Å². The van der Waals surface area contributed by atoms with Crippen LogP contribution in [0.2, 0.25) is 5.15 Å². The highest BCUT2D eigenvalue weighted by Gasteiger charge is 2.36. The van der Waals surface area contributed by atoms with Crippen molar-refractivity contribution >= 4 is 11.6 Å². The first-order chi connectivity index (χ1) is 7.76. The lowest BCUT2D eigenvalue weighted by Gasteiger charge is -2.40. The number of halogens is 1. The van der Waals surface area contributed by atoms with Gasteiger partial charge in [0.05, 0.1) is 5.60 Å². The molecule has 16 heavy (non-hydrogen) atoms. The van der Waals surface area contributed by atoms with Gasteiger partial charge in [-0.05, 0) is 25.3 Å². The van der Waals surface area contributed by atoms with Gasteiger partial charge >= 0.3 is 0 Å². The molecule has 88 valence electrons. The summed E-state index contributed by atoms with van der Waals surface area (Å²) < 4.78 is 5.53. The lowest BCUT2D eigenvalue weighted by molar-refractivity contribution is -0.0695. The van der Waals surface area contributed by atoms with E-state index in [1.54, 1.807) is 13.3 Å². The van der Waals surface area contributed by atoms with Crippen molar-refractivity contribution < 1.29 is 4.74 Å². The molecule has 1 saturated carbocycles. The molecule has 0 amide bonds. The average molecular weight is 241 g/mol. The number of pyridine rings is 1. The Hall–Kier alpha value is -0.640. The van der Waals surface area contributed by atoms with Crippen LogP contribution in [-0.4, -0.2) is 24.2 Å². The van der Waals surface area contributed by atoms with Gasteiger partial charge in [-0.25, -0.2) is 4.98 Å². The molecule has 0 unspecified atom stereocenters. The molecular formula is C12H17ClN2O. The monoisotopic (exact) mass is 240 g/mol. The normalized spacial score (nSPS) is 18.1. The second-order valence-corrected chi connectivity index (χ2v) is 4.66. The molecule has 0 aliphatic heterocycles. The van der Waals surface area contributed by atoms with Crippen LogP contribution in [0.5, 0.6) is 0 Å². The van der Waals surface area contributed by atoms with Crippen molar-refractivity contribution in [2.24, 2.45) is 0 Å². The highest BCUT2D eigenvalue weighted by molar-refractivity contribution is 6.30. The van der Waals surface area contributed by atoms with Gasteiger partial charge in [0, 0.05) is 32.0 Å². The van der Waals surface area contributed by atoms with Gasteiger partial charge in [-0.15, -0.1) is 0 Å². The van der Waals surface area contributed by atoms with Gasteiger partial charge in [0.1, 0.15) is 5.15 Å². The van der Waals surface area contributed by atoms with E-state index in [4.69, 9.17) is 16.3 Å². The van der Waals surface area contributed by atoms with Crippen molar-refractivity contribution in [3.8, 4) is 0 Å². The van der Waals surface area contributed by atoms with E-state index in [1.165, 1.54) is 6.42 Å². The second-order valence-electron chi connectivity index (χ2n) is 4.30. The Kier molecular flexibility index (Phi) is 3.79. The minimum Gasteiger partial charge on any atom is -0.377 e. The Morgan fingerprint density at radius 1 is 1.56 bits per heavy atom. The fraction of sp³-hybridized carbons (Fsp3) is 0.583. The van der Waals surface area contributed by atoms with Crippen LogP contribution < -0.4 is 5.32 Å². The zero-order valence-electron chi connectivity index (χ0n) is 9.50. The second kappa shape index (κ2) is 5.13. The largest absolute Gasteiger partial charge is 0.377 e. The van der Waals surface area contributed by atoms with Crippen LogP contribution in [-0.2, 0) is 11.3 Å². The first-order valence-electron chi connectivity index (χ1n) is 5.61. The number of methoxy groups -OCH3 is 1. The summed E-state index contributed by atoms with van der Waals surface area (Å²) in [5, 5.41) is 3.97. The van der Waals surface area contributed by atoms with Gasteiger partial charge < -0.3 is 10.1 Å². The predicted octanol–water partition coefficient (Wildman–Crippen LogP) is 2.39. The first kappa shape index (κ1) is 11.8. The lowest BCUT2D eigenvalue weighted by atomic mass is 9.80. The van der Waals surface area contributed by atoms with Crippen LogP contribution in [0.15, 0.2) is 18.3 Å². The Bertz CT molecular complexity index is 347. The van der Waals surface area contributed by atoms with Crippen molar-refractivity contribution in [1.82, 2.24) is 10.3 Å². The summed E-state index contributed by atoms with van der Waals surface area (Å²) in [5.41, 5.74) is 1.10. The third kappa shape index (κ3) is 2.54. The molecule has 1 fully saturated rings. The number of hydrogen-bond donors (Lipinski definition) is 1. The summed E-state index contributed by atoms with van der Waals surface area (Å²) in [7, 11) is 1.79. The van der Waals surface area contributed by atoms with Crippen molar-refractivity contribution in [3.63, 3.8) is 0 Å². The molecule has 1 aliphatic rings. The summed E-state index contributed by atoms with van der Waals surface area (Å²) in [5.74, 6) is 0. The van der Waals surface area contributed by atoms with E-state index >= 15 is 0 Å². The zero-order valence-corrected chi connectivity index (χ0v) is 10.3. The molecule has 0 radical (unpaired) electrons. The van der Waals surface area contributed by atoms with Gasteiger partial charge in [-0.1, -0.05) is 17.7 Å². The Morgan fingerprint density at radius 2 is 2.38 bits per heavy atom. The van der Waals surface area contributed by atoms with Gasteiger partial charge in [0.25, 0.3) is 0 Å². The maximum absolute atomic E-state index is 5.97. The standard InChI is InChI=1S/C12H17ClN2O/c1-16-12(5-3-6-12)9-14-8-10-4-2-7-15-11(10)13/h2,4,7,14H,3,5-6,8-9H2,1H3. The van der Waals surface area contributed by atoms with Crippen molar-refractivity contribution in [2.45, 2.75) is 31.4 Å². The van der Waals surface area contributed by atoms with Gasteiger partial charge in [0.15, 0.2) is 0 Å². The third-order valence-corrected chi connectivity index (χ3v) is 3.64. The molecule has 4 heteroatoms. The van der Waals surface area contributed by atoms with Crippen LogP contribution in [0.4, 0.5) is 0 Å². The van der Waals surface area contributed by atoms with E-state index in [9.17, 15) is 0 Å². The number of ether oxygens (including phenoxy) is 1. The highest BCUT2D eigenvalue weighted by Crippen LogP contribution is 2.34. The molecule has 1 aromatic rings. The number of nitrogens with zero attached hydrogens (tertiary/aromatic N) is 1. The minimum absolute atomic E-state index is 0.0642. The van der Waals surface area contributed by atoms with E-state index < -0.39 is 0 Å². The number of rotatable bonds is 5. The quantitative estimate of drug-likeness (QED) is 0.803. The Labute approximate surface area is 101 Å². The summed E-state index contributed by atoms with van der Waals surface area (Å²) in [6.45, 7) is 1.63. The number of aromatic nitrogens is 1. The third-order valence-electron chi connectivity index (χ3n) is 3.30. The molecule has 2 rings (SSSR count). The van der Waals surface area contributed by atoms with Crippen LogP contribution in [0.1, 0.15) is 24.8 Å². The fourth-order valence-electron chi connectivity index (χ4n) is 2.00. The molecule has 0 atom stereocenters. The molecule has 3 nitrogen and oxygen atoms in total. The Morgan fingerprint density at radius 3 is 2.94 bits per heavy atom. The molecule has 1 heterocycles. The summed E-state index contributed by atoms with van der Waals surface area (Å²) in [6.07, 6.45) is 5.27. The molecule has 0 bridgehead atoms. The zero-order chi connectivity index (χ0) is 11.4. The lowest BCUT2D eigenvalue weighted by Crippen LogP contribution is -2.47.